The summed E-state index contributed by atoms with van der Waals surface area (Å²) in [4.78, 5) is 0. The van der Waals surface area contributed by atoms with E-state index in [1.807, 2.05) is 0 Å². The molecule has 2 saturated carbocycles. The van der Waals surface area contributed by atoms with Crippen molar-refractivity contribution in [2.24, 2.45) is 11.3 Å². The Bertz CT molecular complexity index is 184. The zero-order valence-corrected chi connectivity index (χ0v) is 10.5. The highest BCUT2D eigenvalue weighted by Gasteiger charge is 2.26. The molecule has 0 aromatic rings. The number of hydrogen-bond acceptors (Lipinski definition) is 1. The number of rotatable bonds is 4. The highest BCUT2D eigenvalue weighted by molar-refractivity contribution is 4.82. The van der Waals surface area contributed by atoms with Crippen LogP contribution in [0.1, 0.15) is 65.2 Å². The Morgan fingerprint density at radius 2 is 1.73 bits per heavy atom. The normalized spacial score (nSPS) is 27.6. The van der Waals surface area contributed by atoms with Crippen LogP contribution in [-0.2, 0) is 0 Å². The maximum atomic E-state index is 3.76. The first-order chi connectivity index (χ1) is 7.16. The van der Waals surface area contributed by atoms with Gasteiger partial charge >= 0.3 is 0 Å². The summed E-state index contributed by atoms with van der Waals surface area (Å²) in [5.41, 5.74) is 0.617. The molecule has 15 heavy (non-hydrogen) atoms. The summed E-state index contributed by atoms with van der Waals surface area (Å²) >= 11 is 0. The van der Waals surface area contributed by atoms with E-state index in [1.54, 1.807) is 0 Å². The lowest BCUT2D eigenvalue weighted by atomic mass is 9.75. The Kier molecular flexibility index (Phi) is 3.71. The van der Waals surface area contributed by atoms with Gasteiger partial charge in [-0.25, -0.2) is 0 Å². The lowest BCUT2D eigenvalue weighted by Gasteiger charge is -2.35. The zero-order chi connectivity index (χ0) is 10.7. The van der Waals surface area contributed by atoms with Crippen LogP contribution in [0.2, 0.25) is 0 Å². The predicted octanol–water partition coefficient (Wildman–Crippen LogP) is 3.74. The highest BCUT2D eigenvalue weighted by atomic mass is 14.9. The van der Waals surface area contributed by atoms with Gasteiger partial charge in [-0.2, -0.15) is 0 Å². The summed E-state index contributed by atoms with van der Waals surface area (Å²) in [5.74, 6) is 1.07. The molecule has 88 valence electrons. The summed E-state index contributed by atoms with van der Waals surface area (Å²) in [6.07, 6.45) is 11.5. The Hall–Kier alpha value is -0.0400. The molecule has 1 heteroatoms. The first-order valence-corrected chi connectivity index (χ1v) is 6.89. The van der Waals surface area contributed by atoms with Crippen molar-refractivity contribution in [3.8, 4) is 0 Å². The van der Waals surface area contributed by atoms with Crippen molar-refractivity contribution < 1.29 is 0 Å². The van der Waals surface area contributed by atoms with Gasteiger partial charge in [0.1, 0.15) is 0 Å². The molecule has 0 unspecified atom stereocenters. The van der Waals surface area contributed by atoms with Gasteiger partial charge in [0.2, 0.25) is 0 Å². The summed E-state index contributed by atoms with van der Waals surface area (Å²) < 4.78 is 0. The average Bonchev–Trinajstić information content (AvgIpc) is 2.12. The van der Waals surface area contributed by atoms with Gasteiger partial charge in [0.05, 0.1) is 0 Å². The van der Waals surface area contributed by atoms with E-state index in [-0.39, 0.29) is 0 Å². The van der Waals surface area contributed by atoms with Crippen molar-refractivity contribution in [2.45, 2.75) is 71.3 Å². The van der Waals surface area contributed by atoms with Crippen LogP contribution in [0.25, 0.3) is 0 Å². The van der Waals surface area contributed by atoms with Gasteiger partial charge in [-0.05, 0) is 50.0 Å². The number of nitrogens with one attached hydrogen (secondary N) is 1. The Labute approximate surface area is 95.0 Å². The van der Waals surface area contributed by atoms with Crippen molar-refractivity contribution in [3.63, 3.8) is 0 Å². The molecule has 0 atom stereocenters. The number of hydrogen-bond donors (Lipinski definition) is 1. The van der Waals surface area contributed by atoms with Crippen LogP contribution in [0.4, 0.5) is 0 Å². The predicted molar refractivity (Wildman–Crippen MR) is 66.0 cm³/mol. The van der Waals surface area contributed by atoms with Crippen molar-refractivity contribution >= 4 is 0 Å². The summed E-state index contributed by atoms with van der Waals surface area (Å²) in [7, 11) is 0. The zero-order valence-electron chi connectivity index (χ0n) is 10.5. The van der Waals surface area contributed by atoms with Crippen LogP contribution in [-0.4, -0.2) is 12.6 Å². The third-order valence-electron chi connectivity index (χ3n) is 4.55. The van der Waals surface area contributed by atoms with E-state index in [1.165, 1.54) is 57.9 Å². The summed E-state index contributed by atoms with van der Waals surface area (Å²) in [5, 5.41) is 3.76. The van der Waals surface area contributed by atoms with Gasteiger partial charge in [0.15, 0.2) is 0 Å². The van der Waals surface area contributed by atoms with E-state index in [0.29, 0.717) is 5.41 Å². The molecule has 0 heterocycles. The average molecular weight is 209 g/mol. The molecule has 1 nitrogen and oxygen atoms in total. The van der Waals surface area contributed by atoms with Crippen LogP contribution in [0.5, 0.6) is 0 Å². The maximum absolute atomic E-state index is 3.76. The minimum Gasteiger partial charge on any atom is -0.314 e. The minimum absolute atomic E-state index is 0.617. The molecule has 2 fully saturated rings. The molecular formula is C14H27N. The van der Waals surface area contributed by atoms with Gasteiger partial charge in [0, 0.05) is 6.04 Å². The second-order valence-electron chi connectivity index (χ2n) is 6.48. The topological polar surface area (TPSA) is 12.0 Å². The van der Waals surface area contributed by atoms with Crippen LogP contribution < -0.4 is 5.32 Å². The van der Waals surface area contributed by atoms with Crippen molar-refractivity contribution in [2.75, 3.05) is 6.54 Å². The molecule has 0 amide bonds. The van der Waals surface area contributed by atoms with E-state index in [2.05, 4.69) is 19.2 Å². The monoisotopic (exact) mass is 209 g/mol. The molecule has 0 bridgehead atoms. The van der Waals surface area contributed by atoms with Gasteiger partial charge in [-0.1, -0.05) is 33.1 Å². The highest BCUT2D eigenvalue weighted by Crippen LogP contribution is 2.35. The van der Waals surface area contributed by atoms with E-state index >= 15 is 0 Å². The molecule has 0 aliphatic heterocycles. The second kappa shape index (κ2) is 4.86. The first kappa shape index (κ1) is 11.4. The molecule has 2 aliphatic carbocycles. The molecule has 0 spiro atoms. The Morgan fingerprint density at radius 1 is 1.07 bits per heavy atom. The lowest BCUT2D eigenvalue weighted by molar-refractivity contribution is 0.201. The van der Waals surface area contributed by atoms with E-state index in [9.17, 15) is 0 Å². The first-order valence-electron chi connectivity index (χ1n) is 6.89. The largest absolute Gasteiger partial charge is 0.314 e. The van der Waals surface area contributed by atoms with Crippen molar-refractivity contribution in [1.82, 2.24) is 5.32 Å². The molecule has 1 N–H and O–H groups in total. The minimum atomic E-state index is 0.617. The fourth-order valence-corrected chi connectivity index (χ4v) is 2.88. The second-order valence-corrected chi connectivity index (χ2v) is 6.48. The van der Waals surface area contributed by atoms with Gasteiger partial charge < -0.3 is 5.32 Å². The maximum Gasteiger partial charge on any atom is 0.00674 e. The standard InChI is InChI=1S/C14H27N/c1-14(2)9-6-13(7-10-14)15-11-8-12-4-3-5-12/h12-13,15H,3-11H2,1-2H3. The quantitative estimate of drug-likeness (QED) is 0.744. The Morgan fingerprint density at radius 3 is 2.27 bits per heavy atom. The van der Waals surface area contributed by atoms with Crippen LogP contribution in [0.3, 0.4) is 0 Å². The van der Waals surface area contributed by atoms with E-state index < -0.39 is 0 Å². The fraction of sp³-hybridized carbons (Fsp3) is 1.00. The van der Waals surface area contributed by atoms with Gasteiger partial charge in [-0.15, -0.1) is 0 Å². The van der Waals surface area contributed by atoms with Gasteiger partial charge in [0.25, 0.3) is 0 Å². The SMILES string of the molecule is CC1(C)CCC(NCCC2CCC2)CC1. The lowest BCUT2D eigenvalue weighted by Crippen LogP contribution is -2.36. The third-order valence-corrected chi connectivity index (χ3v) is 4.55. The molecule has 2 rings (SSSR count). The van der Waals surface area contributed by atoms with Gasteiger partial charge in [-0.3, -0.25) is 0 Å². The van der Waals surface area contributed by atoms with Crippen molar-refractivity contribution in [3.05, 3.63) is 0 Å². The van der Waals surface area contributed by atoms with E-state index in [4.69, 9.17) is 0 Å². The smallest absolute Gasteiger partial charge is 0.00674 e. The molecule has 0 saturated heterocycles. The van der Waals surface area contributed by atoms with Crippen LogP contribution >= 0.6 is 0 Å². The van der Waals surface area contributed by atoms with Crippen molar-refractivity contribution in [1.29, 1.82) is 0 Å². The van der Waals surface area contributed by atoms with Crippen LogP contribution in [0.15, 0.2) is 0 Å². The van der Waals surface area contributed by atoms with E-state index in [0.717, 1.165) is 12.0 Å². The van der Waals surface area contributed by atoms with Crippen LogP contribution in [0, 0.1) is 11.3 Å². The summed E-state index contributed by atoms with van der Waals surface area (Å²) in [6, 6.07) is 0.832. The Balaban J connectivity index is 1.56. The fourth-order valence-electron chi connectivity index (χ4n) is 2.88. The molecular weight excluding hydrogens is 182 g/mol. The third kappa shape index (κ3) is 3.48. The molecule has 0 radical (unpaired) electrons. The molecule has 0 aromatic heterocycles. The summed E-state index contributed by atoms with van der Waals surface area (Å²) in [6.45, 7) is 6.10. The molecule has 0 aromatic carbocycles. The molecule has 2 aliphatic rings.